The number of sulfone groups is 1. The molecule has 0 aromatic heterocycles. The van der Waals surface area contributed by atoms with Gasteiger partial charge in [0.05, 0.1) is 22.5 Å². The third-order valence-electron chi connectivity index (χ3n) is 3.52. The van der Waals surface area contributed by atoms with Gasteiger partial charge in [-0.2, -0.15) is 0 Å². The molecule has 1 aromatic carbocycles. The first-order chi connectivity index (χ1) is 10.2. The maximum absolute atomic E-state index is 12.7. The summed E-state index contributed by atoms with van der Waals surface area (Å²) >= 11 is 0. The first-order valence-electron chi connectivity index (χ1n) is 6.67. The molecule has 1 atom stereocenters. The normalized spacial score (nSPS) is 20.0. The van der Waals surface area contributed by atoms with E-state index in [0.29, 0.717) is 6.42 Å². The molecule has 0 saturated carbocycles. The second kappa shape index (κ2) is 6.01. The molecule has 1 heterocycles. The fraction of sp³-hybridized carbons (Fsp3) is 0.462. The third kappa shape index (κ3) is 3.25. The molecule has 120 valence electrons. The molecule has 0 aliphatic carbocycles. The Balaban J connectivity index is 2.38. The largest absolute Gasteiger partial charge is 0.282 e. The molecule has 8 nitrogen and oxygen atoms in total. The zero-order chi connectivity index (χ0) is 16.5. The Bertz CT molecular complexity index is 701. The van der Waals surface area contributed by atoms with E-state index in [9.17, 15) is 23.3 Å². The van der Waals surface area contributed by atoms with Gasteiger partial charge in [0.2, 0.25) is 0 Å². The van der Waals surface area contributed by atoms with Crippen LogP contribution >= 0.6 is 0 Å². The summed E-state index contributed by atoms with van der Waals surface area (Å²) in [5.74, 6) is -0.677. The monoisotopic (exact) mass is 327 g/mol. The maximum atomic E-state index is 12.7. The molecule has 1 amide bonds. The summed E-state index contributed by atoms with van der Waals surface area (Å²) in [5.41, 5.74) is -0.342. The number of hydrogen-bond acceptors (Lipinski definition) is 6. The van der Waals surface area contributed by atoms with Crippen LogP contribution in [-0.2, 0) is 9.84 Å². The summed E-state index contributed by atoms with van der Waals surface area (Å²) in [7, 11) is 0.0469. The number of nitro benzene ring substituents is 1. The van der Waals surface area contributed by atoms with E-state index in [4.69, 9.17) is 0 Å². The lowest BCUT2D eigenvalue weighted by atomic mass is 10.1. The van der Waals surface area contributed by atoms with Gasteiger partial charge in [0.15, 0.2) is 9.84 Å². The van der Waals surface area contributed by atoms with Gasteiger partial charge in [0.25, 0.3) is 11.6 Å². The first kappa shape index (κ1) is 16.4. The maximum Gasteiger partial charge on any atom is 0.282 e. The van der Waals surface area contributed by atoms with E-state index < -0.39 is 26.7 Å². The Kier molecular flexibility index (Phi) is 4.47. The lowest BCUT2D eigenvalue weighted by molar-refractivity contribution is -0.385. The lowest BCUT2D eigenvalue weighted by Crippen LogP contribution is -2.49. The van der Waals surface area contributed by atoms with Crippen LogP contribution in [0.25, 0.3) is 0 Å². The van der Waals surface area contributed by atoms with E-state index >= 15 is 0 Å². The minimum Gasteiger partial charge on any atom is -0.267 e. The van der Waals surface area contributed by atoms with Crippen LogP contribution < -0.4 is 0 Å². The molecule has 9 heteroatoms. The van der Waals surface area contributed by atoms with Crippen LogP contribution in [0.1, 0.15) is 16.8 Å². The fourth-order valence-corrected chi connectivity index (χ4v) is 4.27. The average molecular weight is 327 g/mol. The number of nitrogens with zero attached hydrogens (tertiary/aromatic N) is 3. The van der Waals surface area contributed by atoms with E-state index in [2.05, 4.69) is 0 Å². The molecule has 0 bridgehead atoms. The second-order valence-electron chi connectivity index (χ2n) is 5.33. The van der Waals surface area contributed by atoms with Gasteiger partial charge in [-0.05, 0) is 12.5 Å². The van der Waals surface area contributed by atoms with Gasteiger partial charge in [-0.25, -0.2) is 13.4 Å². The smallest absolute Gasteiger partial charge is 0.267 e. The van der Waals surface area contributed by atoms with Crippen molar-refractivity contribution in [3.63, 3.8) is 0 Å². The van der Waals surface area contributed by atoms with E-state index in [0.717, 1.165) is 0 Å². The van der Waals surface area contributed by atoms with Gasteiger partial charge in [-0.1, -0.05) is 12.1 Å². The van der Waals surface area contributed by atoms with Crippen molar-refractivity contribution in [3.8, 4) is 0 Å². The van der Waals surface area contributed by atoms with Gasteiger partial charge >= 0.3 is 0 Å². The summed E-state index contributed by atoms with van der Waals surface area (Å²) in [4.78, 5) is 23.1. The van der Waals surface area contributed by atoms with Gasteiger partial charge in [-0.3, -0.25) is 19.9 Å². The van der Waals surface area contributed by atoms with Crippen LogP contribution in [0.4, 0.5) is 5.69 Å². The second-order valence-corrected chi connectivity index (χ2v) is 7.56. The molecule has 2 rings (SSSR count). The first-order valence-corrected chi connectivity index (χ1v) is 8.50. The van der Waals surface area contributed by atoms with E-state index in [1.54, 1.807) is 20.2 Å². The van der Waals surface area contributed by atoms with E-state index in [-0.39, 0.29) is 22.8 Å². The summed E-state index contributed by atoms with van der Waals surface area (Å²) in [6, 6.07) is 5.15. The Morgan fingerprint density at radius 3 is 2.45 bits per heavy atom. The van der Waals surface area contributed by atoms with Crippen LogP contribution in [0.15, 0.2) is 24.3 Å². The molecular formula is C13H17N3O5S. The van der Waals surface area contributed by atoms with Crippen LogP contribution in [0.2, 0.25) is 0 Å². The topological polar surface area (TPSA) is 101 Å². The summed E-state index contributed by atoms with van der Waals surface area (Å²) in [5, 5.41) is 13.8. The summed E-state index contributed by atoms with van der Waals surface area (Å²) in [6.07, 6.45) is 0.326. The third-order valence-corrected chi connectivity index (χ3v) is 5.27. The van der Waals surface area contributed by atoms with Crippen LogP contribution in [0.3, 0.4) is 0 Å². The highest BCUT2D eigenvalue weighted by atomic mass is 32.2. The number of amides is 1. The highest BCUT2D eigenvalue weighted by molar-refractivity contribution is 7.91. The van der Waals surface area contributed by atoms with Crippen LogP contribution in [0, 0.1) is 10.1 Å². The Hall–Kier alpha value is -2.00. The van der Waals surface area contributed by atoms with Crippen molar-refractivity contribution in [2.24, 2.45) is 0 Å². The number of hydrazine groups is 1. The van der Waals surface area contributed by atoms with Crippen molar-refractivity contribution < 1.29 is 18.1 Å². The Labute approximate surface area is 128 Å². The van der Waals surface area contributed by atoms with Gasteiger partial charge in [-0.15, -0.1) is 0 Å². The predicted octanol–water partition coefficient (Wildman–Crippen LogP) is 0.701. The number of carbonyl (C=O) groups excluding carboxylic acids is 1. The molecule has 0 spiro atoms. The zero-order valence-corrected chi connectivity index (χ0v) is 13.1. The van der Waals surface area contributed by atoms with Crippen molar-refractivity contribution >= 4 is 21.4 Å². The molecular weight excluding hydrogens is 310 g/mol. The number of nitro groups is 1. The lowest BCUT2D eigenvalue weighted by Gasteiger charge is -2.33. The van der Waals surface area contributed by atoms with Crippen LogP contribution in [-0.4, -0.2) is 60.9 Å². The average Bonchev–Trinajstić information content (AvgIpc) is 2.78. The Morgan fingerprint density at radius 1 is 1.32 bits per heavy atom. The molecule has 1 saturated heterocycles. The molecule has 1 aliphatic heterocycles. The molecule has 22 heavy (non-hydrogen) atoms. The molecule has 1 aliphatic rings. The number of rotatable bonds is 4. The number of para-hydroxylation sites is 1. The molecule has 1 aromatic rings. The number of carbonyl (C=O) groups is 1. The highest BCUT2D eigenvalue weighted by Crippen LogP contribution is 2.24. The van der Waals surface area contributed by atoms with Gasteiger partial charge in [0, 0.05) is 20.2 Å². The van der Waals surface area contributed by atoms with Gasteiger partial charge in [0.1, 0.15) is 5.56 Å². The zero-order valence-electron chi connectivity index (χ0n) is 12.3. The van der Waals surface area contributed by atoms with Crippen LogP contribution in [0.5, 0.6) is 0 Å². The summed E-state index contributed by atoms with van der Waals surface area (Å²) in [6.45, 7) is 0. The fourth-order valence-electron chi connectivity index (χ4n) is 2.58. The van der Waals surface area contributed by atoms with Crippen molar-refractivity contribution in [2.45, 2.75) is 12.5 Å². The van der Waals surface area contributed by atoms with Crippen molar-refractivity contribution in [1.29, 1.82) is 0 Å². The SMILES string of the molecule is CN(C)N(C(=O)c1ccccc1[N+](=O)[O-])[C@H]1CCS(=O)(=O)C1. The van der Waals surface area contributed by atoms with Crippen molar-refractivity contribution in [1.82, 2.24) is 10.0 Å². The Morgan fingerprint density at radius 2 is 1.95 bits per heavy atom. The van der Waals surface area contributed by atoms with Crippen molar-refractivity contribution in [2.75, 3.05) is 25.6 Å². The number of hydrogen-bond donors (Lipinski definition) is 0. The molecule has 0 N–H and O–H groups in total. The number of benzene rings is 1. The quantitative estimate of drug-likeness (QED) is 0.596. The van der Waals surface area contributed by atoms with E-state index in [1.165, 1.54) is 28.2 Å². The molecule has 0 unspecified atom stereocenters. The van der Waals surface area contributed by atoms with Gasteiger partial charge < -0.3 is 0 Å². The predicted molar refractivity (Wildman–Crippen MR) is 80.0 cm³/mol. The molecule has 1 fully saturated rings. The molecule has 0 radical (unpaired) electrons. The minimum atomic E-state index is -3.17. The minimum absolute atomic E-state index is 0.0200. The highest BCUT2D eigenvalue weighted by Gasteiger charge is 2.37. The van der Waals surface area contributed by atoms with E-state index in [1.807, 2.05) is 0 Å². The van der Waals surface area contributed by atoms with Crippen molar-refractivity contribution in [3.05, 3.63) is 39.9 Å². The standard InChI is InChI=1S/C13H17N3O5S/c1-14(2)15(10-7-8-22(20,21)9-10)13(17)11-5-3-4-6-12(11)16(18)19/h3-6,10H,7-9H2,1-2H3/t10-/m0/s1. The summed E-state index contributed by atoms with van der Waals surface area (Å²) < 4.78 is 23.3.